The van der Waals surface area contributed by atoms with Gasteiger partial charge in [0.05, 0.1) is 23.7 Å². The van der Waals surface area contributed by atoms with Crippen molar-refractivity contribution in [3.63, 3.8) is 0 Å². The van der Waals surface area contributed by atoms with Crippen LogP contribution in [0.2, 0.25) is 0 Å². The Labute approximate surface area is 143 Å². The van der Waals surface area contributed by atoms with Crippen LogP contribution in [0.3, 0.4) is 0 Å². The van der Waals surface area contributed by atoms with Crippen LogP contribution in [0.4, 0.5) is 0 Å². The van der Waals surface area contributed by atoms with E-state index in [9.17, 15) is 9.59 Å². The highest BCUT2D eigenvalue weighted by Gasteiger charge is 2.18. The Balaban J connectivity index is 2.08. The van der Waals surface area contributed by atoms with Gasteiger partial charge in [-0.15, -0.1) is 0 Å². The van der Waals surface area contributed by atoms with Gasteiger partial charge < -0.3 is 4.74 Å². The van der Waals surface area contributed by atoms with Crippen LogP contribution in [0.25, 0.3) is 16.5 Å². The molecule has 0 aliphatic carbocycles. The summed E-state index contributed by atoms with van der Waals surface area (Å²) in [6.45, 7) is 0.132. The molecule has 25 heavy (non-hydrogen) atoms. The molecule has 0 saturated heterocycles. The molecule has 0 amide bonds. The van der Waals surface area contributed by atoms with Gasteiger partial charge in [0, 0.05) is 11.8 Å². The maximum atomic E-state index is 12.7. The van der Waals surface area contributed by atoms with Crippen molar-refractivity contribution < 1.29 is 9.53 Å². The monoisotopic (exact) mass is 333 g/mol. The van der Waals surface area contributed by atoms with Crippen molar-refractivity contribution >= 4 is 16.7 Å². The van der Waals surface area contributed by atoms with E-state index >= 15 is 0 Å². The zero-order valence-electron chi connectivity index (χ0n) is 13.4. The van der Waals surface area contributed by atoms with Gasteiger partial charge in [-0.2, -0.15) is 15.0 Å². The molecular weight excluding hydrogens is 318 g/mol. The van der Waals surface area contributed by atoms with Crippen molar-refractivity contribution in [3.8, 4) is 11.8 Å². The lowest BCUT2D eigenvalue weighted by Crippen LogP contribution is -2.25. The number of hydrogen-bond donors (Lipinski definition) is 0. The summed E-state index contributed by atoms with van der Waals surface area (Å²) in [7, 11) is 0. The van der Waals surface area contributed by atoms with Crippen LogP contribution in [0, 0.1) is 11.3 Å². The zero-order chi connectivity index (χ0) is 17.6. The number of hydrogen-bond acceptors (Lipinski definition) is 5. The van der Waals surface area contributed by atoms with Crippen molar-refractivity contribution in [2.45, 2.75) is 12.8 Å². The van der Waals surface area contributed by atoms with Gasteiger partial charge in [0.25, 0.3) is 5.56 Å². The minimum atomic E-state index is -0.612. The number of unbranched alkanes of at least 4 members (excludes halogenated alkanes) is 1. The van der Waals surface area contributed by atoms with E-state index in [1.165, 1.54) is 4.68 Å². The number of nitrogens with zero attached hydrogens (tertiary/aromatic N) is 3. The molecule has 124 valence electrons. The topological polar surface area (TPSA) is 85.0 Å². The van der Waals surface area contributed by atoms with Crippen molar-refractivity contribution in [1.29, 1.82) is 5.26 Å². The molecule has 0 bridgehead atoms. The van der Waals surface area contributed by atoms with Gasteiger partial charge in [-0.3, -0.25) is 4.79 Å². The second-order valence-electron chi connectivity index (χ2n) is 5.34. The highest BCUT2D eigenvalue weighted by Crippen LogP contribution is 2.16. The number of nitriles is 1. The number of ether oxygens (including phenoxy) is 1. The molecule has 0 unspecified atom stereocenters. The molecule has 0 fully saturated rings. The molecule has 1 aromatic heterocycles. The summed E-state index contributed by atoms with van der Waals surface area (Å²) in [5.41, 5.74) is 0.343. The Kier molecular flexibility index (Phi) is 4.86. The van der Waals surface area contributed by atoms with Crippen LogP contribution in [-0.2, 0) is 4.74 Å². The first-order chi connectivity index (χ1) is 12.2. The minimum Gasteiger partial charge on any atom is -0.461 e. The van der Waals surface area contributed by atoms with Crippen LogP contribution in [0.5, 0.6) is 0 Å². The minimum absolute atomic E-state index is 0.0796. The SMILES string of the molecule is N#CCCCOC(=O)c1nn(-c2ccccc2)c(=O)c2ccccc12. The standard InChI is InChI=1S/C19H15N3O3/c20-12-6-7-13-25-19(24)17-15-10-4-5-11-16(15)18(23)22(21-17)14-8-2-1-3-9-14/h1-5,8-11H,6-7,13H2. The van der Waals surface area contributed by atoms with Gasteiger partial charge >= 0.3 is 5.97 Å². The van der Waals surface area contributed by atoms with E-state index < -0.39 is 5.97 Å². The van der Waals surface area contributed by atoms with E-state index in [2.05, 4.69) is 5.10 Å². The molecule has 6 nitrogen and oxygen atoms in total. The van der Waals surface area contributed by atoms with E-state index in [1.54, 1.807) is 48.5 Å². The number of carbonyl (C=O) groups excluding carboxylic acids is 1. The fourth-order valence-electron chi connectivity index (χ4n) is 2.47. The number of para-hydroxylation sites is 1. The number of benzene rings is 2. The van der Waals surface area contributed by atoms with E-state index in [4.69, 9.17) is 10.00 Å². The quantitative estimate of drug-likeness (QED) is 0.529. The molecule has 1 heterocycles. The average Bonchev–Trinajstić information content (AvgIpc) is 2.66. The first-order valence-electron chi connectivity index (χ1n) is 7.84. The van der Waals surface area contributed by atoms with Gasteiger partial charge in [-0.05, 0) is 24.6 Å². The Hall–Kier alpha value is -3.46. The lowest BCUT2D eigenvalue weighted by Gasteiger charge is -2.10. The highest BCUT2D eigenvalue weighted by atomic mass is 16.5. The third-order valence-electron chi connectivity index (χ3n) is 3.67. The number of carbonyl (C=O) groups is 1. The molecular formula is C19H15N3O3. The van der Waals surface area contributed by atoms with Gasteiger partial charge in [0.2, 0.25) is 0 Å². The molecule has 6 heteroatoms. The van der Waals surface area contributed by atoms with Crippen molar-refractivity contribution in [2.75, 3.05) is 6.61 Å². The summed E-state index contributed by atoms with van der Waals surface area (Å²) in [6, 6.07) is 17.7. The predicted molar refractivity (Wildman–Crippen MR) is 92.5 cm³/mol. The Bertz CT molecular complexity index is 1000. The lowest BCUT2D eigenvalue weighted by molar-refractivity contribution is 0.0495. The van der Waals surface area contributed by atoms with E-state index in [0.717, 1.165) is 0 Å². The smallest absolute Gasteiger partial charge is 0.359 e. The van der Waals surface area contributed by atoms with Crippen LogP contribution in [0.15, 0.2) is 59.4 Å². The van der Waals surface area contributed by atoms with Gasteiger partial charge in [-0.1, -0.05) is 36.4 Å². The fourth-order valence-corrected chi connectivity index (χ4v) is 2.47. The second-order valence-corrected chi connectivity index (χ2v) is 5.34. The Morgan fingerprint density at radius 3 is 2.48 bits per heavy atom. The van der Waals surface area contributed by atoms with Crippen LogP contribution in [-0.4, -0.2) is 22.4 Å². The molecule has 0 radical (unpaired) electrons. The van der Waals surface area contributed by atoms with Crippen molar-refractivity contribution in [3.05, 3.63) is 70.6 Å². The number of aromatic nitrogens is 2. The number of rotatable bonds is 5. The first-order valence-corrected chi connectivity index (χ1v) is 7.84. The summed E-state index contributed by atoms with van der Waals surface area (Å²) in [5, 5.41) is 13.6. The van der Waals surface area contributed by atoms with Gasteiger partial charge in [0.15, 0.2) is 5.69 Å². The molecule has 3 rings (SSSR count). The maximum absolute atomic E-state index is 12.7. The number of esters is 1. The predicted octanol–water partition coefficient (Wildman–Crippen LogP) is 2.85. The molecule has 0 aliphatic rings. The lowest BCUT2D eigenvalue weighted by atomic mass is 10.1. The normalized spacial score (nSPS) is 10.4. The van der Waals surface area contributed by atoms with Crippen LogP contribution < -0.4 is 5.56 Å². The summed E-state index contributed by atoms with van der Waals surface area (Å²) in [6.07, 6.45) is 0.767. The van der Waals surface area contributed by atoms with Crippen molar-refractivity contribution in [2.24, 2.45) is 0 Å². The van der Waals surface area contributed by atoms with Gasteiger partial charge in [-0.25, -0.2) is 4.79 Å². The van der Waals surface area contributed by atoms with Crippen LogP contribution in [0.1, 0.15) is 23.3 Å². The Morgan fingerprint density at radius 1 is 1.08 bits per heavy atom. The Morgan fingerprint density at radius 2 is 1.76 bits per heavy atom. The molecule has 0 N–H and O–H groups in total. The molecule has 0 atom stereocenters. The maximum Gasteiger partial charge on any atom is 0.359 e. The van der Waals surface area contributed by atoms with E-state index in [-0.39, 0.29) is 17.9 Å². The summed E-state index contributed by atoms with van der Waals surface area (Å²) in [5.74, 6) is -0.612. The van der Waals surface area contributed by atoms with E-state index in [0.29, 0.717) is 29.3 Å². The average molecular weight is 333 g/mol. The largest absolute Gasteiger partial charge is 0.461 e. The zero-order valence-corrected chi connectivity index (χ0v) is 13.4. The molecule has 0 aliphatic heterocycles. The molecule has 0 spiro atoms. The second kappa shape index (κ2) is 7.41. The van der Waals surface area contributed by atoms with Crippen LogP contribution >= 0.6 is 0 Å². The third kappa shape index (κ3) is 3.40. The fraction of sp³-hybridized carbons (Fsp3) is 0.158. The molecule has 3 aromatic rings. The summed E-state index contributed by atoms with van der Waals surface area (Å²) >= 11 is 0. The summed E-state index contributed by atoms with van der Waals surface area (Å²) < 4.78 is 6.40. The molecule has 2 aromatic carbocycles. The third-order valence-corrected chi connectivity index (χ3v) is 3.67. The van der Waals surface area contributed by atoms with Gasteiger partial charge in [0.1, 0.15) is 0 Å². The molecule has 0 saturated carbocycles. The highest BCUT2D eigenvalue weighted by molar-refractivity contribution is 6.02. The number of fused-ring (bicyclic) bond motifs is 1. The first kappa shape index (κ1) is 16.4. The summed E-state index contributed by atoms with van der Waals surface area (Å²) in [4.78, 5) is 25.1. The van der Waals surface area contributed by atoms with E-state index in [1.807, 2.05) is 12.1 Å². The van der Waals surface area contributed by atoms with Crippen molar-refractivity contribution in [1.82, 2.24) is 9.78 Å².